The van der Waals surface area contributed by atoms with E-state index in [0.29, 0.717) is 17.1 Å². The normalized spacial score (nSPS) is 15.8. The number of aryl methyl sites for hydroxylation is 2. The minimum Gasteiger partial charge on any atom is -0.419 e. The molecular weight excluding hydrogens is 412 g/mol. The van der Waals surface area contributed by atoms with Crippen molar-refractivity contribution in [2.75, 3.05) is 10.0 Å². The summed E-state index contributed by atoms with van der Waals surface area (Å²) < 4.78 is 37.4. The molecule has 2 N–H and O–H groups in total. The third-order valence-corrected chi connectivity index (χ3v) is 5.22. The first-order chi connectivity index (χ1) is 13.9. The number of cyclic esters (lactones) is 2. The van der Waals surface area contributed by atoms with Crippen LogP contribution >= 0.6 is 0 Å². The van der Waals surface area contributed by atoms with Gasteiger partial charge in [0, 0.05) is 37.1 Å². The van der Waals surface area contributed by atoms with Crippen LogP contribution in [0.2, 0.25) is 0 Å². The van der Waals surface area contributed by atoms with Gasteiger partial charge in [-0.05, 0) is 44.2 Å². The monoisotopic (exact) mass is 432 g/mol. The predicted octanol–water partition coefficient (Wildman–Crippen LogP) is 2.03. The summed E-state index contributed by atoms with van der Waals surface area (Å²) >= 11 is 0. The van der Waals surface area contributed by atoms with E-state index in [1.54, 1.807) is 19.9 Å². The van der Waals surface area contributed by atoms with Gasteiger partial charge in [0.15, 0.2) is 5.57 Å². The summed E-state index contributed by atoms with van der Waals surface area (Å²) in [5.41, 5.74) is 1.40. The van der Waals surface area contributed by atoms with Gasteiger partial charge in [-0.2, -0.15) is 0 Å². The van der Waals surface area contributed by atoms with Crippen LogP contribution in [-0.2, 0) is 29.1 Å². The molecule has 0 unspecified atom stereocenters. The standard InChI is InChI=1S/C19H20N4O6S/c1-11-9-12(2)22-18(21-11)23-30(26,27)14-7-5-13(6-8-14)20-10-15-16(24)28-19(3,4)29-17(15)25/h5-10,20H,1-4H3,(H,21,22,23). The molecule has 3 rings (SSSR count). The molecule has 0 aliphatic carbocycles. The molecule has 1 aromatic heterocycles. The zero-order chi connectivity index (χ0) is 22.1. The molecule has 0 radical (unpaired) electrons. The van der Waals surface area contributed by atoms with Crippen molar-refractivity contribution in [2.24, 2.45) is 0 Å². The summed E-state index contributed by atoms with van der Waals surface area (Å²) in [6, 6.07) is 7.37. The number of nitrogens with zero attached hydrogens (tertiary/aromatic N) is 2. The predicted molar refractivity (Wildman–Crippen MR) is 107 cm³/mol. The van der Waals surface area contributed by atoms with Gasteiger partial charge in [-0.25, -0.2) is 32.7 Å². The largest absolute Gasteiger partial charge is 0.419 e. The average Bonchev–Trinajstić information content (AvgIpc) is 2.59. The number of sulfonamides is 1. The minimum atomic E-state index is -3.90. The van der Waals surface area contributed by atoms with Crippen molar-refractivity contribution < 1.29 is 27.5 Å². The van der Waals surface area contributed by atoms with Crippen molar-refractivity contribution in [1.29, 1.82) is 0 Å². The zero-order valence-corrected chi connectivity index (χ0v) is 17.5. The zero-order valence-electron chi connectivity index (χ0n) is 16.7. The molecule has 10 nitrogen and oxygen atoms in total. The quantitative estimate of drug-likeness (QED) is 0.413. The maximum Gasteiger partial charge on any atom is 0.350 e. The Balaban J connectivity index is 1.73. The summed E-state index contributed by atoms with van der Waals surface area (Å²) in [7, 11) is -3.90. The Morgan fingerprint density at radius 3 is 2.03 bits per heavy atom. The highest BCUT2D eigenvalue weighted by Crippen LogP contribution is 2.23. The Morgan fingerprint density at radius 2 is 1.50 bits per heavy atom. The molecule has 1 aromatic carbocycles. The van der Waals surface area contributed by atoms with Gasteiger partial charge in [0.1, 0.15) is 0 Å². The molecule has 30 heavy (non-hydrogen) atoms. The van der Waals surface area contributed by atoms with Crippen molar-refractivity contribution in [2.45, 2.75) is 38.4 Å². The van der Waals surface area contributed by atoms with Crippen molar-refractivity contribution >= 4 is 33.6 Å². The molecule has 0 bridgehead atoms. The van der Waals surface area contributed by atoms with Crippen molar-refractivity contribution in [3.63, 3.8) is 0 Å². The number of rotatable bonds is 5. The van der Waals surface area contributed by atoms with Gasteiger partial charge in [-0.1, -0.05) is 0 Å². The number of carbonyl (C=O) groups is 2. The number of carbonyl (C=O) groups excluding carboxylic acids is 2. The number of hydrogen-bond acceptors (Lipinski definition) is 9. The molecule has 158 valence electrons. The molecule has 2 heterocycles. The number of hydrogen-bond donors (Lipinski definition) is 2. The van der Waals surface area contributed by atoms with Crippen LogP contribution < -0.4 is 10.0 Å². The van der Waals surface area contributed by atoms with E-state index in [1.165, 1.54) is 38.1 Å². The van der Waals surface area contributed by atoms with Gasteiger partial charge in [-0.3, -0.25) is 0 Å². The summed E-state index contributed by atoms with van der Waals surface area (Å²) in [6.07, 6.45) is 1.14. The first kappa shape index (κ1) is 21.2. The fraction of sp³-hybridized carbons (Fsp3) is 0.263. The molecule has 1 aliphatic heterocycles. The Hall–Kier alpha value is -3.47. The molecule has 0 saturated carbocycles. The van der Waals surface area contributed by atoms with Gasteiger partial charge >= 0.3 is 11.9 Å². The van der Waals surface area contributed by atoms with Gasteiger partial charge in [0.2, 0.25) is 5.95 Å². The highest BCUT2D eigenvalue weighted by atomic mass is 32.2. The van der Waals surface area contributed by atoms with Crippen LogP contribution in [0.4, 0.5) is 11.6 Å². The van der Waals surface area contributed by atoms with Crippen LogP contribution in [0.3, 0.4) is 0 Å². The molecule has 0 amide bonds. The molecule has 0 atom stereocenters. The second-order valence-corrected chi connectivity index (χ2v) is 8.67. The van der Waals surface area contributed by atoms with Crippen molar-refractivity contribution in [3.8, 4) is 0 Å². The van der Waals surface area contributed by atoms with E-state index in [2.05, 4.69) is 20.0 Å². The number of esters is 2. The maximum atomic E-state index is 12.5. The van der Waals surface area contributed by atoms with Gasteiger partial charge in [-0.15, -0.1) is 0 Å². The van der Waals surface area contributed by atoms with Crippen LogP contribution in [0.5, 0.6) is 0 Å². The Bertz CT molecular complexity index is 1100. The number of aromatic nitrogens is 2. The molecule has 2 aromatic rings. The number of anilines is 2. The second kappa shape index (κ2) is 7.75. The van der Waals surface area contributed by atoms with Crippen LogP contribution in [0, 0.1) is 13.8 Å². The first-order valence-corrected chi connectivity index (χ1v) is 10.3. The maximum absolute atomic E-state index is 12.5. The van der Waals surface area contributed by atoms with E-state index in [9.17, 15) is 18.0 Å². The highest BCUT2D eigenvalue weighted by molar-refractivity contribution is 7.92. The van der Waals surface area contributed by atoms with E-state index in [0.717, 1.165) is 6.20 Å². The first-order valence-electron chi connectivity index (χ1n) is 8.84. The van der Waals surface area contributed by atoms with E-state index < -0.39 is 27.7 Å². The number of ether oxygens (including phenoxy) is 2. The van der Waals surface area contributed by atoms with Crippen LogP contribution in [0.15, 0.2) is 47.0 Å². The third-order valence-electron chi connectivity index (χ3n) is 3.87. The Labute approximate surface area is 173 Å². The molecular formula is C19H20N4O6S. The lowest BCUT2D eigenvalue weighted by Gasteiger charge is -2.29. The SMILES string of the molecule is Cc1cc(C)nc(NS(=O)(=O)c2ccc(NC=C3C(=O)OC(C)(C)OC3=O)cc2)n1. The average molecular weight is 432 g/mol. The van der Waals surface area contributed by atoms with Gasteiger partial charge in [0.25, 0.3) is 15.8 Å². The smallest absolute Gasteiger partial charge is 0.350 e. The fourth-order valence-corrected chi connectivity index (χ4v) is 3.56. The summed E-state index contributed by atoms with van der Waals surface area (Å²) in [5.74, 6) is -2.98. The third kappa shape index (κ3) is 4.92. The van der Waals surface area contributed by atoms with Crippen LogP contribution in [-0.4, -0.2) is 36.1 Å². The van der Waals surface area contributed by atoms with Crippen molar-refractivity contribution in [3.05, 3.63) is 53.5 Å². The Morgan fingerprint density at radius 1 is 0.967 bits per heavy atom. The summed E-state index contributed by atoms with van der Waals surface area (Å²) in [4.78, 5) is 31.9. The fourth-order valence-electron chi connectivity index (χ4n) is 2.61. The second-order valence-electron chi connectivity index (χ2n) is 6.99. The van der Waals surface area contributed by atoms with Crippen LogP contribution in [0.1, 0.15) is 25.2 Å². The van der Waals surface area contributed by atoms with Crippen molar-refractivity contribution in [1.82, 2.24) is 9.97 Å². The molecule has 11 heteroatoms. The number of benzene rings is 1. The topological polar surface area (TPSA) is 137 Å². The lowest BCUT2D eigenvalue weighted by molar-refractivity contribution is -0.222. The van der Waals surface area contributed by atoms with E-state index >= 15 is 0 Å². The molecule has 1 saturated heterocycles. The minimum absolute atomic E-state index is 0.0123. The lowest BCUT2D eigenvalue weighted by Crippen LogP contribution is -2.42. The summed E-state index contributed by atoms with van der Waals surface area (Å²) in [5, 5.41) is 2.74. The molecule has 1 aliphatic rings. The lowest BCUT2D eigenvalue weighted by atomic mass is 10.2. The highest BCUT2D eigenvalue weighted by Gasteiger charge is 2.38. The van der Waals surface area contributed by atoms with E-state index in [1.807, 2.05) is 0 Å². The summed E-state index contributed by atoms with van der Waals surface area (Å²) in [6.45, 7) is 6.37. The van der Waals surface area contributed by atoms with Gasteiger partial charge < -0.3 is 14.8 Å². The van der Waals surface area contributed by atoms with E-state index in [4.69, 9.17) is 9.47 Å². The number of nitrogens with one attached hydrogen (secondary N) is 2. The molecule has 1 fully saturated rings. The van der Waals surface area contributed by atoms with Gasteiger partial charge in [0.05, 0.1) is 4.90 Å². The van der Waals surface area contributed by atoms with Crippen LogP contribution in [0.25, 0.3) is 0 Å². The molecule has 0 spiro atoms. The Kier molecular flexibility index (Phi) is 5.49. The van der Waals surface area contributed by atoms with E-state index in [-0.39, 0.29) is 16.4 Å².